The molecule has 0 aromatic heterocycles. The molecule has 0 saturated carbocycles. The average molecular weight is 637 g/mol. The second-order valence-corrected chi connectivity index (χ2v) is 13.1. The largest absolute Gasteiger partial charge is 0.573 e. The third kappa shape index (κ3) is 7.68. The van der Waals surface area contributed by atoms with E-state index in [0.717, 1.165) is 41.0 Å². The van der Waals surface area contributed by atoms with Crippen molar-refractivity contribution in [3.8, 4) is 16.9 Å². The van der Waals surface area contributed by atoms with Crippen molar-refractivity contribution in [1.82, 2.24) is 14.1 Å². The summed E-state index contributed by atoms with van der Waals surface area (Å²) in [7, 11) is -4.21. The Hall–Kier alpha value is -3.16. The van der Waals surface area contributed by atoms with Crippen LogP contribution in [0.15, 0.2) is 77.7 Å². The van der Waals surface area contributed by atoms with Gasteiger partial charge in [-0.1, -0.05) is 48.0 Å². The van der Waals surface area contributed by atoms with E-state index in [4.69, 9.17) is 17.3 Å². The van der Waals surface area contributed by atoms with Crippen molar-refractivity contribution in [2.75, 3.05) is 32.7 Å². The molecule has 1 atom stereocenters. The van der Waals surface area contributed by atoms with E-state index in [1.165, 1.54) is 4.31 Å². The number of hydrogen-bond acceptors (Lipinski definition) is 6. The molecule has 3 aromatic carbocycles. The van der Waals surface area contributed by atoms with Crippen LogP contribution in [0.25, 0.3) is 11.1 Å². The van der Waals surface area contributed by atoms with E-state index >= 15 is 0 Å². The molecule has 2 aliphatic heterocycles. The maximum absolute atomic E-state index is 13.8. The molecule has 0 spiro atoms. The number of nitrogens with two attached hydrogens (primary N) is 1. The Morgan fingerprint density at radius 3 is 2.05 bits per heavy atom. The second kappa shape index (κ2) is 12.8. The van der Waals surface area contributed by atoms with Crippen molar-refractivity contribution in [2.45, 2.75) is 42.7 Å². The van der Waals surface area contributed by atoms with Gasteiger partial charge in [-0.2, -0.15) is 4.31 Å². The van der Waals surface area contributed by atoms with Gasteiger partial charge in [0.05, 0.1) is 4.90 Å². The molecule has 2 heterocycles. The molecular formula is C30H32ClF3N4O4S. The van der Waals surface area contributed by atoms with Crippen LogP contribution in [0.4, 0.5) is 13.2 Å². The van der Waals surface area contributed by atoms with Gasteiger partial charge < -0.3 is 15.4 Å². The molecule has 2 aliphatic rings. The topological polar surface area (TPSA) is 96.2 Å². The molecule has 3 aromatic rings. The van der Waals surface area contributed by atoms with Crippen molar-refractivity contribution in [3.05, 3.63) is 83.4 Å². The normalized spacial score (nSPS) is 19.4. The molecule has 2 saturated heterocycles. The zero-order valence-electron chi connectivity index (χ0n) is 23.2. The standard InChI is InChI=1S/C30H32ClF3N4O4S/c31-24-7-5-23(6-8-24)22-3-1-21(2-4-22)19-36-17-18-38(28(20-36)29(39)37-15-13-25(35)14-16-37)43(40,41)27-11-9-26(10-12-27)42-30(32,33)34/h1-12,25,28H,13-20,35H2. The summed E-state index contributed by atoms with van der Waals surface area (Å²) in [6, 6.07) is 18.6. The quantitative estimate of drug-likeness (QED) is 0.403. The highest BCUT2D eigenvalue weighted by molar-refractivity contribution is 7.89. The Kier molecular flexibility index (Phi) is 9.33. The van der Waals surface area contributed by atoms with Crippen LogP contribution in [0.2, 0.25) is 5.02 Å². The first-order valence-electron chi connectivity index (χ1n) is 13.9. The number of alkyl halides is 3. The van der Waals surface area contributed by atoms with Gasteiger partial charge in [0.15, 0.2) is 0 Å². The molecule has 0 radical (unpaired) electrons. The summed E-state index contributed by atoms with van der Waals surface area (Å²) in [4.78, 5) is 17.3. The van der Waals surface area contributed by atoms with Gasteiger partial charge in [0.25, 0.3) is 0 Å². The fourth-order valence-corrected chi connectivity index (χ4v) is 7.13. The van der Waals surface area contributed by atoms with Gasteiger partial charge >= 0.3 is 6.36 Å². The first kappa shape index (κ1) is 31.3. The number of nitrogens with zero attached hydrogens (tertiary/aromatic N) is 3. The van der Waals surface area contributed by atoms with Gasteiger partial charge in [-0.3, -0.25) is 9.69 Å². The van der Waals surface area contributed by atoms with Gasteiger partial charge in [-0.25, -0.2) is 8.42 Å². The number of ether oxygens (including phenoxy) is 1. The summed E-state index contributed by atoms with van der Waals surface area (Å²) in [5, 5.41) is 0.658. The molecule has 13 heteroatoms. The minimum atomic E-state index is -4.90. The van der Waals surface area contributed by atoms with Crippen LogP contribution >= 0.6 is 11.6 Å². The van der Waals surface area contributed by atoms with E-state index in [1.807, 2.05) is 53.4 Å². The lowest BCUT2D eigenvalue weighted by atomic mass is 10.0. The predicted octanol–water partition coefficient (Wildman–Crippen LogP) is 4.73. The van der Waals surface area contributed by atoms with E-state index < -0.39 is 28.2 Å². The molecule has 230 valence electrons. The van der Waals surface area contributed by atoms with Crippen LogP contribution in [0.5, 0.6) is 5.75 Å². The Balaban J connectivity index is 1.34. The van der Waals surface area contributed by atoms with Crippen molar-refractivity contribution in [2.24, 2.45) is 5.73 Å². The molecule has 43 heavy (non-hydrogen) atoms. The fourth-order valence-electron chi connectivity index (χ4n) is 5.44. The van der Waals surface area contributed by atoms with Crippen molar-refractivity contribution in [3.63, 3.8) is 0 Å². The van der Waals surface area contributed by atoms with Gasteiger partial charge in [0, 0.05) is 50.3 Å². The highest BCUT2D eigenvalue weighted by atomic mass is 35.5. The number of carbonyl (C=O) groups is 1. The van der Waals surface area contributed by atoms with Crippen LogP contribution in [0, 0.1) is 0 Å². The average Bonchev–Trinajstić information content (AvgIpc) is 2.97. The predicted molar refractivity (Wildman–Crippen MR) is 157 cm³/mol. The third-order valence-electron chi connectivity index (χ3n) is 7.75. The summed E-state index contributed by atoms with van der Waals surface area (Å²) in [5.41, 5.74) is 9.08. The van der Waals surface area contributed by atoms with E-state index in [1.54, 1.807) is 4.90 Å². The van der Waals surface area contributed by atoms with Crippen molar-refractivity contribution < 1.29 is 31.1 Å². The molecule has 2 fully saturated rings. The molecule has 2 N–H and O–H groups in total. The Morgan fingerprint density at radius 2 is 1.47 bits per heavy atom. The summed E-state index contributed by atoms with van der Waals surface area (Å²) in [5.74, 6) is -0.842. The minimum absolute atomic E-state index is 0.0139. The molecule has 5 rings (SSSR count). The first-order valence-corrected chi connectivity index (χ1v) is 15.7. The smallest absolute Gasteiger partial charge is 0.406 e. The number of benzene rings is 3. The maximum atomic E-state index is 13.8. The van der Waals surface area contributed by atoms with E-state index in [9.17, 15) is 26.4 Å². The lowest BCUT2D eigenvalue weighted by molar-refractivity contribution is -0.274. The van der Waals surface area contributed by atoms with E-state index in [2.05, 4.69) is 4.74 Å². The number of halogens is 4. The molecular weight excluding hydrogens is 605 g/mol. The highest BCUT2D eigenvalue weighted by Crippen LogP contribution is 2.29. The van der Waals surface area contributed by atoms with Gasteiger partial charge in [0.1, 0.15) is 11.8 Å². The van der Waals surface area contributed by atoms with Gasteiger partial charge in [-0.05, 0) is 65.9 Å². The van der Waals surface area contributed by atoms with Gasteiger partial charge in [0.2, 0.25) is 15.9 Å². The number of sulfonamides is 1. The second-order valence-electron chi connectivity index (χ2n) is 10.8. The zero-order valence-corrected chi connectivity index (χ0v) is 24.8. The summed E-state index contributed by atoms with van der Waals surface area (Å²) in [6.45, 7) is 1.93. The van der Waals surface area contributed by atoms with E-state index in [0.29, 0.717) is 44.0 Å². The number of rotatable bonds is 7. The first-order chi connectivity index (χ1) is 20.4. The van der Waals surface area contributed by atoms with Crippen LogP contribution < -0.4 is 10.5 Å². The molecule has 0 aliphatic carbocycles. The number of piperidine rings is 1. The van der Waals surface area contributed by atoms with E-state index in [-0.39, 0.29) is 29.9 Å². The van der Waals surface area contributed by atoms with Gasteiger partial charge in [-0.15, -0.1) is 13.2 Å². The minimum Gasteiger partial charge on any atom is -0.406 e. The molecule has 1 unspecified atom stereocenters. The summed E-state index contributed by atoms with van der Waals surface area (Å²) >= 11 is 6.00. The van der Waals surface area contributed by atoms with Crippen LogP contribution in [0.3, 0.4) is 0 Å². The van der Waals surface area contributed by atoms with Crippen LogP contribution in [-0.4, -0.2) is 79.6 Å². The third-order valence-corrected chi connectivity index (χ3v) is 9.93. The maximum Gasteiger partial charge on any atom is 0.573 e. The summed E-state index contributed by atoms with van der Waals surface area (Å²) < 4.78 is 70.3. The van der Waals surface area contributed by atoms with Crippen LogP contribution in [-0.2, 0) is 21.4 Å². The monoisotopic (exact) mass is 636 g/mol. The molecule has 8 nitrogen and oxygen atoms in total. The Labute approximate surface area is 253 Å². The lowest BCUT2D eigenvalue weighted by Crippen LogP contribution is -2.61. The Bertz CT molecular complexity index is 1510. The number of amides is 1. The number of carbonyl (C=O) groups excluding carboxylic acids is 1. The highest BCUT2D eigenvalue weighted by Gasteiger charge is 2.42. The van der Waals surface area contributed by atoms with Crippen molar-refractivity contribution >= 4 is 27.5 Å². The number of hydrogen-bond donors (Lipinski definition) is 1. The molecule has 0 bridgehead atoms. The SMILES string of the molecule is NC1CCN(C(=O)C2CN(Cc3ccc(-c4ccc(Cl)cc4)cc3)CCN2S(=O)(=O)c2ccc(OC(F)(F)F)cc2)CC1. The number of piperazine rings is 1. The fraction of sp³-hybridized carbons (Fsp3) is 0.367. The summed E-state index contributed by atoms with van der Waals surface area (Å²) in [6.07, 6.45) is -3.66. The van der Waals surface area contributed by atoms with Crippen LogP contribution in [0.1, 0.15) is 18.4 Å². The number of likely N-dealkylation sites (tertiary alicyclic amines) is 1. The molecule has 1 amide bonds. The Morgan fingerprint density at radius 1 is 0.884 bits per heavy atom. The lowest BCUT2D eigenvalue weighted by Gasteiger charge is -2.42. The zero-order chi connectivity index (χ0) is 30.8. The van der Waals surface area contributed by atoms with Crippen molar-refractivity contribution in [1.29, 1.82) is 0 Å².